The van der Waals surface area contributed by atoms with E-state index in [4.69, 9.17) is 4.74 Å². The molecule has 1 N–H and O–H groups in total. The van der Waals surface area contributed by atoms with Gasteiger partial charge in [-0.15, -0.1) is 0 Å². The molecule has 108 valence electrons. The van der Waals surface area contributed by atoms with Crippen LogP contribution in [0.25, 0.3) is 0 Å². The van der Waals surface area contributed by atoms with Gasteiger partial charge in [-0.05, 0) is 54.5 Å². The van der Waals surface area contributed by atoms with Crippen molar-refractivity contribution in [3.63, 3.8) is 0 Å². The number of nitrogens with one attached hydrogen (secondary N) is 1. The molecule has 0 aromatic rings. The zero-order valence-corrected chi connectivity index (χ0v) is 13.1. The van der Waals surface area contributed by atoms with Crippen LogP contribution in [0.5, 0.6) is 0 Å². The Morgan fingerprint density at radius 1 is 1.11 bits per heavy atom. The van der Waals surface area contributed by atoms with E-state index in [1.54, 1.807) is 4.90 Å². The highest BCUT2D eigenvalue weighted by Crippen LogP contribution is 2.17. The molecule has 0 unspecified atom stereocenters. The average Bonchev–Trinajstić information content (AvgIpc) is 2.12. The lowest BCUT2D eigenvalue weighted by atomic mass is 10.1. The Morgan fingerprint density at radius 2 is 1.67 bits per heavy atom. The highest BCUT2D eigenvalue weighted by molar-refractivity contribution is 5.69. The second-order valence-corrected chi connectivity index (χ2v) is 6.55. The quantitative estimate of drug-likeness (QED) is 0.771. The number of rotatable bonds is 5. The van der Waals surface area contributed by atoms with Crippen molar-refractivity contribution in [3.05, 3.63) is 0 Å². The summed E-state index contributed by atoms with van der Waals surface area (Å²) < 4.78 is 5.44. The molecule has 0 saturated carbocycles. The maximum absolute atomic E-state index is 12.1. The van der Waals surface area contributed by atoms with Gasteiger partial charge in [0.25, 0.3) is 0 Å². The number of amides is 1. The summed E-state index contributed by atoms with van der Waals surface area (Å²) in [5.74, 6) is 0. The Kier molecular flexibility index (Phi) is 6.68. The van der Waals surface area contributed by atoms with Crippen LogP contribution in [0.4, 0.5) is 4.79 Å². The highest BCUT2D eigenvalue weighted by Gasteiger charge is 2.29. The Bertz CT molecular complexity index is 252. The van der Waals surface area contributed by atoms with E-state index < -0.39 is 5.60 Å². The van der Waals surface area contributed by atoms with E-state index in [2.05, 4.69) is 12.2 Å². The van der Waals surface area contributed by atoms with Gasteiger partial charge in [-0.3, -0.25) is 0 Å². The summed E-state index contributed by atoms with van der Waals surface area (Å²) >= 11 is 0. The minimum absolute atomic E-state index is 0.226. The molecule has 0 aromatic heterocycles. The van der Waals surface area contributed by atoms with Crippen LogP contribution < -0.4 is 5.32 Å². The molecule has 0 radical (unpaired) electrons. The molecule has 0 aliphatic carbocycles. The number of carbonyl (C=O) groups is 1. The van der Waals surface area contributed by atoms with E-state index in [1.807, 2.05) is 41.5 Å². The molecular formula is C14H30N2O2. The lowest BCUT2D eigenvalue weighted by Gasteiger charge is -2.36. The molecule has 0 heterocycles. The minimum Gasteiger partial charge on any atom is -0.444 e. The SMILES string of the molecule is CCCNCCN(C(=O)OC(C)(C)C)C(C)(C)C. The van der Waals surface area contributed by atoms with Crippen LogP contribution in [0.2, 0.25) is 0 Å². The molecule has 0 aliphatic heterocycles. The van der Waals surface area contributed by atoms with E-state index in [0.29, 0.717) is 6.54 Å². The Balaban J connectivity index is 4.45. The highest BCUT2D eigenvalue weighted by atomic mass is 16.6. The molecule has 4 heteroatoms. The van der Waals surface area contributed by atoms with Crippen molar-refractivity contribution >= 4 is 6.09 Å². The summed E-state index contributed by atoms with van der Waals surface area (Å²) in [5.41, 5.74) is -0.673. The molecule has 0 saturated heterocycles. The minimum atomic E-state index is -0.447. The Labute approximate surface area is 112 Å². The molecular weight excluding hydrogens is 228 g/mol. The number of hydrogen-bond donors (Lipinski definition) is 1. The molecule has 0 aromatic carbocycles. The summed E-state index contributed by atoms with van der Waals surface area (Å²) in [7, 11) is 0. The van der Waals surface area contributed by atoms with E-state index in [-0.39, 0.29) is 11.6 Å². The van der Waals surface area contributed by atoms with Gasteiger partial charge in [-0.2, -0.15) is 0 Å². The van der Waals surface area contributed by atoms with Gasteiger partial charge in [0.05, 0.1) is 0 Å². The topological polar surface area (TPSA) is 41.6 Å². The normalized spacial score (nSPS) is 12.4. The third-order valence-electron chi connectivity index (χ3n) is 2.36. The van der Waals surface area contributed by atoms with Crippen LogP contribution in [0.3, 0.4) is 0 Å². The van der Waals surface area contributed by atoms with Crippen molar-refractivity contribution in [1.29, 1.82) is 0 Å². The Hall–Kier alpha value is -0.770. The average molecular weight is 258 g/mol. The van der Waals surface area contributed by atoms with Crippen LogP contribution >= 0.6 is 0 Å². The lowest BCUT2D eigenvalue weighted by Crippen LogP contribution is -2.50. The Morgan fingerprint density at radius 3 is 2.06 bits per heavy atom. The van der Waals surface area contributed by atoms with Crippen molar-refractivity contribution in [2.45, 2.75) is 66.0 Å². The van der Waals surface area contributed by atoms with E-state index in [1.165, 1.54) is 0 Å². The molecule has 1 amide bonds. The molecule has 4 nitrogen and oxygen atoms in total. The predicted molar refractivity (Wildman–Crippen MR) is 75.9 cm³/mol. The fraction of sp³-hybridized carbons (Fsp3) is 0.929. The third kappa shape index (κ3) is 7.54. The first kappa shape index (κ1) is 17.2. The zero-order chi connectivity index (χ0) is 14.4. The maximum Gasteiger partial charge on any atom is 0.410 e. The van der Waals surface area contributed by atoms with E-state index in [9.17, 15) is 4.79 Å². The van der Waals surface area contributed by atoms with Crippen LogP contribution in [0.1, 0.15) is 54.9 Å². The van der Waals surface area contributed by atoms with Gasteiger partial charge in [0.1, 0.15) is 5.60 Å². The van der Waals surface area contributed by atoms with Gasteiger partial charge in [0, 0.05) is 18.6 Å². The number of nitrogens with zero attached hydrogens (tertiary/aromatic N) is 1. The van der Waals surface area contributed by atoms with Crippen LogP contribution in [-0.4, -0.2) is 41.8 Å². The second kappa shape index (κ2) is 6.98. The monoisotopic (exact) mass is 258 g/mol. The molecule has 18 heavy (non-hydrogen) atoms. The van der Waals surface area contributed by atoms with Gasteiger partial charge in [-0.1, -0.05) is 6.92 Å². The van der Waals surface area contributed by atoms with Gasteiger partial charge in [0.2, 0.25) is 0 Å². The molecule has 0 rings (SSSR count). The summed E-state index contributed by atoms with van der Waals surface area (Å²) in [5, 5.41) is 3.31. The van der Waals surface area contributed by atoms with Crippen molar-refractivity contribution in [3.8, 4) is 0 Å². The largest absolute Gasteiger partial charge is 0.444 e. The van der Waals surface area contributed by atoms with Gasteiger partial charge in [-0.25, -0.2) is 4.79 Å². The van der Waals surface area contributed by atoms with Crippen LogP contribution in [-0.2, 0) is 4.74 Å². The van der Waals surface area contributed by atoms with Gasteiger partial charge >= 0.3 is 6.09 Å². The number of hydrogen-bond acceptors (Lipinski definition) is 3. The molecule has 0 aliphatic rings. The van der Waals surface area contributed by atoms with Gasteiger partial charge in [0.15, 0.2) is 0 Å². The number of carbonyl (C=O) groups excluding carboxylic acids is 1. The maximum atomic E-state index is 12.1. The summed E-state index contributed by atoms with van der Waals surface area (Å²) in [4.78, 5) is 13.9. The molecule has 0 atom stereocenters. The van der Waals surface area contributed by atoms with E-state index in [0.717, 1.165) is 19.5 Å². The van der Waals surface area contributed by atoms with Crippen molar-refractivity contribution in [1.82, 2.24) is 10.2 Å². The number of ether oxygens (including phenoxy) is 1. The molecule has 0 bridgehead atoms. The summed E-state index contributed by atoms with van der Waals surface area (Å²) in [6.45, 7) is 16.3. The predicted octanol–water partition coefficient (Wildman–Crippen LogP) is 3.02. The van der Waals surface area contributed by atoms with Gasteiger partial charge < -0.3 is 15.0 Å². The summed E-state index contributed by atoms with van der Waals surface area (Å²) in [6, 6.07) is 0. The first-order valence-electron chi connectivity index (χ1n) is 6.79. The summed E-state index contributed by atoms with van der Waals surface area (Å²) in [6.07, 6.45) is 0.857. The van der Waals surface area contributed by atoms with E-state index >= 15 is 0 Å². The lowest BCUT2D eigenvalue weighted by molar-refractivity contribution is 0.00666. The second-order valence-electron chi connectivity index (χ2n) is 6.55. The fourth-order valence-electron chi connectivity index (χ4n) is 1.51. The van der Waals surface area contributed by atoms with Crippen LogP contribution in [0, 0.1) is 0 Å². The smallest absolute Gasteiger partial charge is 0.410 e. The standard InChI is InChI=1S/C14H30N2O2/c1-8-9-15-10-11-16(13(2,3)4)12(17)18-14(5,6)7/h15H,8-11H2,1-7H3. The first-order valence-corrected chi connectivity index (χ1v) is 6.79. The first-order chi connectivity index (χ1) is 8.08. The fourth-order valence-corrected chi connectivity index (χ4v) is 1.51. The van der Waals surface area contributed by atoms with Crippen LogP contribution in [0.15, 0.2) is 0 Å². The third-order valence-corrected chi connectivity index (χ3v) is 2.36. The van der Waals surface area contributed by atoms with Crippen molar-refractivity contribution in [2.24, 2.45) is 0 Å². The van der Waals surface area contributed by atoms with Crippen molar-refractivity contribution < 1.29 is 9.53 Å². The molecule has 0 fully saturated rings. The zero-order valence-electron chi connectivity index (χ0n) is 13.1. The molecule has 0 spiro atoms. The van der Waals surface area contributed by atoms with Crippen molar-refractivity contribution in [2.75, 3.05) is 19.6 Å².